The van der Waals surface area contributed by atoms with E-state index < -0.39 is 0 Å². The lowest BCUT2D eigenvalue weighted by Gasteiger charge is -2.08. The maximum absolute atomic E-state index is 11.8. The van der Waals surface area contributed by atoms with Crippen molar-refractivity contribution in [1.29, 1.82) is 0 Å². The average Bonchev–Trinajstić information content (AvgIpc) is 2.53. The van der Waals surface area contributed by atoms with Crippen LogP contribution in [0.1, 0.15) is 22.8 Å². The lowest BCUT2D eigenvalue weighted by molar-refractivity contribution is 0.0955. The third-order valence-corrected chi connectivity index (χ3v) is 2.96. The number of phenolic OH excluding ortho intramolecular Hbond substituents is 1. The third kappa shape index (κ3) is 3.95. The van der Waals surface area contributed by atoms with E-state index in [1.54, 1.807) is 25.1 Å². The fourth-order valence-corrected chi connectivity index (χ4v) is 1.89. The first kappa shape index (κ1) is 15.8. The Labute approximate surface area is 132 Å². The molecule has 1 aromatic heterocycles. The quantitative estimate of drug-likeness (QED) is 0.655. The summed E-state index contributed by atoms with van der Waals surface area (Å²) in [6.45, 7) is 2.19. The van der Waals surface area contributed by atoms with Crippen LogP contribution in [-0.2, 0) is 0 Å². The predicted molar refractivity (Wildman–Crippen MR) is 83.6 cm³/mol. The van der Waals surface area contributed by atoms with Gasteiger partial charge in [-0.15, -0.1) is 0 Å². The zero-order valence-corrected chi connectivity index (χ0v) is 12.5. The number of aromatic hydroxyl groups is 1. The molecule has 2 rings (SSSR count). The van der Waals surface area contributed by atoms with Gasteiger partial charge in [-0.2, -0.15) is 5.10 Å². The van der Waals surface area contributed by atoms with E-state index in [1.807, 2.05) is 0 Å². The van der Waals surface area contributed by atoms with Crippen LogP contribution in [0.5, 0.6) is 11.5 Å². The highest BCUT2D eigenvalue weighted by Gasteiger charge is 2.09. The minimum absolute atomic E-state index is 0.124. The first-order valence-electron chi connectivity index (χ1n) is 6.50. The average molecular weight is 320 g/mol. The molecule has 0 fully saturated rings. The van der Waals surface area contributed by atoms with Gasteiger partial charge in [-0.05, 0) is 36.8 Å². The molecule has 2 aromatic rings. The van der Waals surface area contributed by atoms with Gasteiger partial charge >= 0.3 is 0 Å². The van der Waals surface area contributed by atoms with Crippen LogP contribution in [0.15, 0.2) is 41.8 Å². The predicted octanol–water partition coefficient (Wildman–Crippen LogP) is 2.60. The number of nitrogens with one attached hydrogen (secondary N) is 1. The zero-order valence-electron chi connectivity index (χ0n) is 11.8. The van der Waals surface area contributed by atoms with Crippen LogP contribution < -0.4 is 10.2 Å². The van der Waals surface area contributed by atoms with Gasteiger partial charge in [0.1, 0.15) is 0 Å². The largest absolute Gasteiger partial charge is 0.503 e. The van der Waals surface area contributed by atoms with Gasteiger partial charge in [0.15, 0.2) is 11.5 Å². The summed E-state index contributed by atoms with van der Waals surface area (Å²) >= 11 is 5.91. The number of hydrazone groups is 1. The SMILES string of the molecule is CCOc1cc(C=NNC(=O)c2ccncc2)cc(Cl)c1O. The summed E-state index contributed by atoms with van der Waals surface area (Å²) in [6.07, 6.45) is 4.45. The van der Waals surface area contributed by atoms with Crippen LogP contribution in [0.3, 0.4) is 0 Å². The number of pyridine rings is 1. The van der Waals surface area contributed by atoms with Crippen molar-refractivity contribution in [2.24, 2.45) is 5.10 Å². The Balaban J connectivity index is 2.09. The van der Waals surface area contributed by atoms with E-state index in [9.17, 15) is 9.90 Å². The van der Waals surface area contributed by atoms with E-state index in [0.29, 0.717) is 17.7 Å². The maximum atomic E-state index is 11.8. The number of rotatable bonds is 5. The molecule has 1 amide bonds. The van der Waals surface area contributed by atoms with Gasteiger partial charge in [-0.3, -0.25) is 9.78 Å². The number of hydrogen-bond acceptors (Lipinski definition) is 5. The molecule has 7 heteroatoms. The van der Waals surface area contributed by atoms with Gasteiger partial charge < -0.3 is 9.84 Å². The van der Waals surface area contributed by atoms with Crippen molar-refractivity contribution < 1.29 is 14.6 Å². The highest BCUT2D eigenvalue weighted by Crippen LogP contribution is 2.34. The van der Waals surface area contributed by atoms with Gasteiger partial charge in [0.05, 0.1) is 17.8 Å². The van der Waals surface area contributed by atoms with Crippen LogP contribution >= 0.6 is 11.6 Å². The molecule has 22 heavy (non-hydrogen) atoms. The van der Waals surface area contributed by atoms with E-state index in [2.05, 4.69) is 15.5 Å². The Morgan fingerprint density at radius 3 is 2.86 bits per heavy atom. The van der Waals surface area contributed by atoms with Crippen molar-refractivity contribution in [1.82, 2.24) is 10.4 Å². The summed E-state index contributed by atoms with van der Waals surface area (Å²) < 4.78 is 5.26. The second-order valence-electron chi connectivity index (χ2n) is 4.22. The minimum Gasteiger partial charge on any atom is -0.503 e. The Morgan fingerprint density at radius 1 is 1.45 bits per heavy atom. The molecule has 0 atom stereocenters. The number of benzene rings is 1. The Hall–Kier alpha value is -2.60. The highest BCUT2D eigenvalue weighted by molar-refractivity contribution is 6.32. The number of hydrogen-bond donors (Lipinski definition) is 2. The third-order valence-electron chi connectivity index (χ3n) is 2.67. The molecule has 114 valence electrons. The summed E-state index contributed by atoms with van der Waals surface area (Å²) in [5, 5.41) is 13.7. The van der Waals surface area contributed by atoms with E-state index in [-0.39, 0.29) is 22.4 Å². The lowest BCUT2D eigenvalue weighted by atomic mass is 10.2. The number of amides is 1. The molecular weight excluding hydrogens is 306 g/mol. The van der Waals surface area contributed by atoms with Gasteiger partial charge in [0.2, 0.25) is 0 Å². The standard InChI is InChI=1S/C15H14ClN3O3/c1-2-22-13-8-10(7-12(16)14(13)20)9-18-19-15(21)11-3-5-17-6-4-11/h3-9,20H,2H2,1H3,(H,19,21). The van der Waals surface area contributed by atoms with E-state index in [1.165, 1.54) is 24.7 Å². The zero-order chi connectivity index (χ0) is 15.9. The molecule has 0 unspecified atom stereocenters. The molecule has 6 nitrogen and oxygen atoms in total. The molecule has 1 heterocycles. The second kappa shape index (κ2) is 7.42. The van der Waals surface area contributed by atoms with Crippen LogP contribution in [0, 0.1) is 0 Å². The lowest BCUT2D eigenvalue weighted by Crippen LogP contribution is -2.17. The van der Waals surface area contributed by atoms with Crippen LogP contribution in [0.2, 0.25) is 5.02 Å². The number of nitrogens with zero attached hydrogens (tertiary/aromatic N) is 2. The Kier molecular flexibility index (Phi) is 5.32. The highest BCUT2D eigenvalue weighted by atomic mass is 35.5. The number of ether oxygens (including phenoxy) is 1. The monoisotopic (exact) mass is 319 g/mol. The van der Waals surface area contributed by atoms with Gasteiger partial charge in [-0.1, -0.05) is 11.6 Å². The Bertz CT molecular complexity index is 690. The molecule has 1 aromatic carbocycles. The topological polar surface area (TPSA) is 83.8 Å². The fraction of sp³-hybridized carbons (Fsp3) is 0.133. The van der Waals surface area contributed by atoms with E-state index in [4.69, 9.17) is 16.3 Å². The molecule has 0 aliphatic carbocycles. The number of carbonyl (C=O) groups is 1. The number of aromatic nitrogens is 1. The van der Waals surface area contributed by atoms with E-state index >= 15 is 0 Å². The van der Waals surface area contributed by atoms with Crippen molar-refractivity contribution in [2.75, 3.05) is 6.61 Å². The van der Waals surface area contributed by atoms with Gasteiger partial charge in [-0.25, -0.2) is 5.43 Å². The minimum atomic E-state index is -0.353. The number of phenols is 1. The molecule has 0 radical (unpaired) electrons. The van der Waals surface area contributed by atoms with Crippen molar-refractivity contribution in [3.05, 3.63) is 52.8 Å². The molecule has 0 saturated heterocycles. The molecule has 0 saturated carbocycles. The van der Waals surface area contributed by atoms with Crippen LogP contribution in [-0.4, -0.2) is 28.8 Å². The van der Waals surface area contributed by atoms with Gasteiger partial charge in [0, 0.05) is 18.0 Å². The maximum Gasteiger partial charge on any atom is 0.271 e. The normalized spacial score (nSPS) is 10.6. The number of halogens is 1. The smallest absolute Gasteiger partial charge is 0.271 e. The fourth-order valence-electron chi connectivity index (χ4n) is 1.67. The van der Waals surface area contributed by atoms with Crippen molar-refractivity contribution in [3.63, 3.8) is 0 Å². The van der Waals surface area contributed by atoms with Gasteiger partial charge in [0.25, 0.3) is 5.91 Å². The van der Waals surface area contributed by atoms with Crippen molar-refractivity contribution in [2.45, 2.75) is 6.92 Å². The summed E-state index contributed by atoms with van der Waals surface area (Å²) in [5.74, 6) is -0.216. The first-order valence-corrected chi connectivity index (χ1v) is 6.88. The molecule has 0 spiro atoms. The molecule has 0 aliphatic heterocycles. The molecular formula is C15H14ClN3O3. The summed E-state index contributed by atoms with van der Waals surface area (Å²) in [4.78, 5) is 15.6. The summed E-state index contributed by atoms with van der Waals surface area (Å²) in [6, 6.07) is 6.25. The van der Waals surface area contributed by atoms with Crippen molar-refractivity contribution >= 4 is 23.7 Å². The Morgan fingerprint density at radius 2 is 2.18 bits per heavy atom. The summed E-state index contributed by atoms with van der Waals surface area (Å²) in [5.41, 5.74) is 3.42. The van der Waals surface area contributed by atoms with Crippen LogP contribution in [0.25, 0.3) is 0 Å². The molecule has 2 N–H and O–H groups in total. The summed E-state index contributed by atoms with van der Waals surface area (Å²) in [7, 11) is 0. The number of carbonyl (C=O) groups excluding carboxylic acids is 1. The molecule has 0 aliphatic rings. The second-order valence-corrected chi connectivity index (χ2v) is 4.62. The van der Waals surface area contributed by atoms with E-state index in [0.717, 1.165) is 0 Å². The first-order chi connectivity index (χ1) is 10.6. The molecule has 0 bridgehead atoms. The van der Waals surface area contributed by atoms with Crippen LogP contribution in [0.4, 0.5) is 0 Å². The van der Waals surface area contributed by atoms with Crippen molar-refractivity contribution in [3.8, 4) is 11.5 Å².